The van der Waals surface area contributed by atoms with Gasteiger partial charge in [-0.05, 0) is 94.8 Å². The number of fused-ring (bicyclic) bond motifs is 5. The zero-order valence-corrected chi connectivity index (χ0v) is 33.0. The topological polar surface area (TPSA) is 25.8 Å². The summed E-state index contributed by atoms with van der Waals surface area (Å²) in [5, 5.41) is 5.44. The van der Waals surface area contributed by atoms with Gasteiger partial charge >= 0.3 is 0 Å². The van der Waals surface area contributed by atoms with Crippen LogP contribution in [0, 0.1) is 11.8 Å². The van der Waals surface area contributed by atoms with Gasteiger partial charge in [0, 0.05) is 49.4 Å². The molecule has 2 unspecified atom stereocenters. The van der Waals surface area contributed by atoms with Crippen molar-refractivity contribution in [3.05, 3.63) is 70.4 Å². The van der Waals surface area contributed by atoms with Gasteiger partial charge in [-0.15, -0.1) is 45.3 Å². The van der Waals surface area contributed by atoms with Crippen molar-refractivity contribution < 1.29 is 0 Å². The monoisotopic (exact) mass is 736 g/mol. The average molecular weight is 737 g/mol. The Balaban J connectivity index is 1.07. The summed E-state index contributed by atoms with van der Waals surface area (Å²) in [7, 11) is 0. The number of aromatic nitrogens is 2. The Morgan fingerprint density at radius 3 is 1.33 bits per heavy atom. The highest BCUT2D eigenvalue weighted by atomic mass is 32.1. The minimum Gasteiger partial charge on any atom is -0.172 e. The summed E-state index contributed by atoms with van der Waals surface area (Å²) in [4.78, 5) is 5.62. The molecule has 8 aromatic rings. The molecule has 0 aliphatic heterocycles. The summed E-state index contributed by atoms with van der Waals surface area (Å²) >= 11 is 9.08. The molecule has 8 rings (SSSR count). The third-order valence-corrected chi connectivity index (χ3v) is 15.5. The molecule has 0 aliphatic carbocycles. The van der Waals surface area contributed by atoms with Gasteiger partial charge in [0.15, 0.2) is 0 Å². The SMILES string of the molecule is CCCCC(CC)Cc1cc2cc3sc(-c4ccc(-c5cc6cc7sc(CC(CC)CCCC)cc7cc6s5)c5nsnc45)cc3cc2s1. The predicted octanol–water partition coefficient (Wildman–Crippen LogP) is 15.4. The molecule has 2 atom stereocenters. The highest BCUT2D eigenvalue weighted by molar-refractivity contribution is 7.23. The Bertz CT molecular complexity index is 2110. The van der Waals surface area contributed by atoms with Gasteiger partial charge in [-0.1, -0.05) is 91.2 Å². The molecule has 5 aromatic heterocycles. The maximum atomic E-state index is 4.86. The molecular weight excluding hydrogens is 693 g/mol. The van der Waals surface area contributed by atoms with Crippen LogP contribution in [0.15, 0.2) is 60.7 Å². The van der Waals surface area contributed by atoms with Crippen LogP contribution >= 0.6 is 57.1 Å². The van der Waals surface area contributed by atoms with Crippen molar-refractivity contribution in [2.75, 3.05) is 0 Å². The maximum absolute atomic E-state index is 4.86. The lowest BCUT2D eigenvalue weighted by atomic mass is 9.95. The molecule has 0 saturated heterocycles. The van der Waals surface area contributed by atoms with Crippen molar-refractivity contribution in [1.82, 2.24) is 8.75 Å². The van der Waals surface area contributed by atoms with Crippen LogP contribution < -0.4 is 0 Å². The number of hydrogen-bond donors (Lipinski definition) is 0. The second-order valence-electron chi connectivity index (χ2n) is 13.9. The minimum absolute atomic E-state index is 0.800. The van der Waals surface area contributed by atoms with Gasteiger partial charge in [-0.3, -0.25) is 0 Å². The first kappa shape index (κ1) is 33.5. The second kappa shape index (κ2) is 14.5. The smallest absolute Gasteiger partial charge is 0.114 e. The van der Waals surface area contributed by atoms with Crippen LogP contribution in [-0.2, 0) is 12.8 Å². The van der Waals surface area contributed by atoms with Crippen molar-refractivity contribution in [3.8, 4) is 20.9 Å². The third kappa shape index (κ3) is 6.74. The molecule has 3 aromatic carbocycles. The lowest BCUT2D eigenvalue weighted by Crippen LogP contribution is -2.01. The highest BCUT2D eigenvalue weighted by Crippen LogP contribution is 2.44. The minimum atomic E-state index is 0.800. The molecule has 0 saturated carbocycles. The lowest BCUT2D eigenvalue weighted by Gasteiger charge is -2.12. The van der Waals surface area contributed by atoms with E-state index < -0.39 is 0 Å². The zero-order chi connectivity index (χ0) is 33.5. The van der Waals surface area contributed by atoms with E-state index in [0.29, 0.717) is 0 Å². The van der Waals surface area contributed by atoms with Gasteiger partial charge in [-0.2, -0.15) is 8.75 Å². The van der Waals surface area contributed by atoms with E-state index in [0.717, 1.165) is 22.9 Å². The van der Waals surface area contributed by atoms with E-state index in [2.05, 4.69) is 88.4 Å². The lowest BCUT2D eigenvalue weighted by molar-refractivity contribution is 0.452. The number of benzene rings is 3. The Morgan fingerprint density at radius 2 is 0.918 bits per heavy atom. The predicted molar refractivity (Wildman–Crippen MR) is 224 cm³/mol. The van der Waals surface area contributed by atoms with Crippen LogP contribution in [0.5, 0.6) is 0 Å². The number of hydrogen-bond acceptors (Lipinski definition) is 7. The zero-order valence-electron chi connectivity index (χ0n) is 28.9. The van der Waals surface area contributed by atoms with Crippen LogP contribution in [-0.4, -0.2) is 8.75 Å². The molecule has 0 aliphatic rings. The molecule has 0 spiro atoms. The Kier molecular flexibility index (Phi) is 9.91. The van der Waals surface area contributed by atoms with E-state index >= 15 is 0 Å². The average Bonchev–Trinajstić information content (AvgIpc) is 3.94. The molecule has 5 heterocycles. The molecule has 0 fully saturated rings. The van der Waals surface area contributed by atoms with Crippen LogP contribution in [0.4, 0.5) is 0 Å². The standard InChI is InChI=1S/C42H44N2S5/c1-5-9-11-25(7-3)15-31-17-27-19-37-29(21-35(27)45-31)23-39(47-37)33-13-14-34(42-41(33)43-49-44-42)40-24-30-22-36-28(20-38(30)48-40)18-32(46-36)16-26(8-4)12-10-6-2/h13-14,17-26H,5-12,15-16H2,1-4H3. The van der Waals surface area contributed by atoms with Crippen LogP contribution in [0.1, 0.15) is 88.8 Å². The van der Waals surface area contributed by atoms with Gasteiger partial charge in [-0.25, -0.2) is 0 Å². The van der Waals surface area contributed by atoms with Crippen LogP contribution in [0.25, 0.3) is 72.3 Å². The molecule has 0 radical (unpaired) electrons. The van der Waals surface area contributed by atoms with Gasteiger partial charge in [0.2, 0.25) is 0 Å². The van der Waals surface area contributed by atoms with Crippen LogP contribution in [0.2, 0.25) is 0 Å². The number of rotatable bonds is 14. The van der Waals surface area contributed by atoms with E-state index in [1.807, 2.05) is 45.3 Å². The molecule has 0 N–H and O–H groups in total. The van der Waals surface area contributed by atoms with E-state index in [1.165, 1.54) is 147 Å². The maximum Gasteiger partial charge on any atom is 0.114 e. The van der Waals surface area contributed by atoms with Gasteiger partial charge in [0.25, 0.3) is 0 Å². The Morgan fingerprint density at radius 1 is 0.510 bits per heavy atom. The summed E-state index contributed by atoms with van der Waals surface area (Å²) in [5.74, 6) is 1.60. The van der Waals surface area contributed by atoms with E-state index in [4.69, 9.17) is 8.75 Å². The normalized spacial score (nSPS) is 13.6. The molecule has 2 nitrogen and oxygen atoms in total. The fourth-order valence-electron chi connectivity index (χ4n) is 7.44. The second-order valence-corrected chi connectivity index (χ2v) is 18.9. The summed E-state index contributed by atoms with van der Waals surface area (Å²) in [6.45, 7) is 9.30. The molecule has 49 heavy (non-hydrogen) atoms. The number of unbranched alkanes of at least 4 members (excludes halogenated alkanes) is 2. The third-order valence-electron chi connectivity index (χ3n) is 10.4. The van der Waals surface area contributed by atoms with Crippen molar-refractivity contribution in [2.24, 2.45) is 11.8 Å². The van der Waals surface area contributed by atoms with Crippen molar-refractivity contribution in [1.29, 1.82) is 0 Å². The van der Waals surface area contributed by atoms with Gasteiger partial charge < -0.3 is 0 Å². The number of thiophene rings is 4. The Labute approximate surface area is 310 Å². The first-order chi connectivity index (χ1) is 24.0. The Hall–Kier alpha value is -2.68. The van der Waals surface area contributed by atoms with E-state index in [9.17, 15) is 0 Å². The van der Waals surface area contributed by atoms with E-state index in [1.54, 1.807) is 0 Å². The fraction of sp³-hybridized carbons (Fsp3) is 0.381. The summed E-state index contributed by atoms with van der Waals surface area (Å²) in [5.41, 5.74) is 4.43. The molecule has 252 valence electrons. The van der Waals surface area contributed by atoms with Crippen molar-refractivity contribution >= 4 is 108 Å². The van der Waals surface area contributed by atoms with Crippen LogP contribution in [0.3, 0.4) is 0 Å². The highest BCUT2D eigenvalue weighted by Gasteiger charge is 2.19. The first-order valence-corrected chi connectivity index (χ1v) is 22.2. The molecular formula is C42H44N2S5. The quantitative estimate of drug-likeness (QED) is 0.111. The summed E-state index contributed by atoms with van der Waals surface area (Å²) in [6.07, 6.45) is 12.9. The first-order valence-electron chi connectivity index (χ1n) is 18.2. The summed E-state index contributed by atoms with van der Waals surface area (Å²) in [6, 6.07) is 23.9. The van der Waals surface area contributed by atoms with Gasteiger partial charge in [0.05, 0.1) is 11.7 Å². The van der Waals surface area contributed by atoms with Crippen molar-refractivity contribution in [2.45, 2.75) is 91.9 Å². The largest absolute Gasteiger partial charge is 0.172 e. The number of nitrogens with zero attached hydrogens (tertiary/aromatic N) is 2. The molecule has 0 bridgehead atoms. The summed E-state index contributed by atoms with van der Waals surface area (Å²) < 4.78 is 15.2. The van der Waals surface area contributed by atoms with E-state index in [-0.39, 0.29) is 0 Å². The fourth-order valence-corrected chi connectivity index (χ4v) is 12.7. The van der Waals surface area contributed by atoms with Crippen molar-refractivity contribution in [3.63, 3.8) is 0 Å². The van der Waals surface area contributed by atoms with Gasteiger partial charge in [0.1, 0.15) is 11.0 Å². The molecule has 0 amide bonds. The molecule has 7 heteroatoms.